The Morgan fingerprint density at radius 1 is 1.43 bits per heavy atom. The maximum atomic E-state index is 11.1. The Hall–Kier alpha value is -1.84. The molecule has 0 N–H and O–H groups in total. The van der Waals surface area contributed by atoms with E-state index in [1.807, 2.05) is 6.07 Å². The Morgan fingerprint density at radius 3 is 2.71 bits per heavy atom. The van der Waals surface area contributed by atoms with Crippen LogP contribution in [0.2, 0.25) is 0 Å². The molecule has 0 radical (unpaired) electrons. The number of rotatable bonds is 3. The first-order valence-electron chi connectivity index (χ1n) is 4.02. The van der Waals surface area contributed by atoms with Crippen LogP contribution in [-0.4, -0.2) is 25.2 Å². The number of pyridine rings is 1. The molecule has 0 bridgehead atoms. The molecule has 1 heterocycles. The summed E-state index contributed by atoms with van der Waals surface area (Å²) >= 11 is 0. The van der Waals surface area contributed by atoms with Gasteiger partial charge in [-0.2, -0.15) is 0 Å². The van der Waals surface area contributed by atoms with Gasteiger partial charge in [-0.15, -0.1) is 0 Å². The smallest absolute Gasteiger partial charge is 0.373 e. The van der Waals surface area contributed by atoms with Gasteiger partial charge in [-0.25, -0.2) is 4.79 Å². The largest absolute Gasteiger partial charge is 0.490 e. The van der Waals surface area contributed by atoms with E-state index in [4.69, 9.17) is 4.74 Å². The second-order valence-electron chi connectivity index (χ2n) is 2.49. The highest BCUT2D eigenvalue weighted by Crippen LogP contribution is 2.06. The molecule has 0 aliphatic rings. The minimum absolute atomic E-state index is 0.153. The van der Waals surface area contributed by atoms with Crippen molar-refractivity contribution in [3.05, 3.63) is 35.8 Å². The lowest BCUT2D eigenvalue weighted by Gasteiger charge is -2.02. The summed E-state index contributed by atoms with van der Waals surface area (Å²) in [5, 5.41) is 0. The normalized spacial score (nSPS) is 10.9. The number of nitrogens with zero attached hydrogens (tertiary/aromatic N) is 1. The first kappa shape index (κ1) is 10.2. The van der Waals surface area contributed by atoms with E-state index in [1.165, 1.54) is 14.2 Å². The number of hydrogen-bond donors (Lipinski definition) is 0. The zero-order valence-electron chi connectivity index (χ0n) is 8.06. The predicted octanol–water partition coefficient (Wildman–Crippen LogP) is 1.24. The van der Waals surface area contributed by atoms with Crippen LogP contribution in [0.1, 0.15) is 5.56 Å². The summed E-state index contributed by atoms with van der Waals surface area (Å²) in [7, 11) is 2.72. The molecule has 0 aliphatic carbocycles. The van der Waals surface area contributed by atoms with Gasteiger partial charge in [-0.1, -0.05) is 6.07 Å². The van der Waals surface area contributed by atoms with Crippen LogP contribution in [0, 0.1) is 0 Å². The summed E-state index contributed by atoms with van der Waals surface area (Å²) in [6.07, 6.45) is 4.85. The molecule has 74 valence electrons. The fourth-order valence-corrected chi connectivity index (χ4v) is 0.914. The van der Waals surface area contributed by atoms with Gasteiger partial charge >= 0.3 is 5.97 Å². The van der Waals surface area contributed by atoms with Gasteiger partial charge in [0.1, 0.15) is 0 Å². The highest BCUT2D eigenvalue weighted by Gasteiger charge is 2.08. The van der Waals surface area contributed by atoms with E-state index in [0.717, 1.165) is 5.56 Å². The predicted molar refractivity (Wildman–Crippen MR) is 51.2 cm³/mol. The van der Waals surface area contributed by atoms with Crippen molar-refractivity contribution in [2.75, 3.05) is 14.2 Å². The van der Waals surface area contributed by atoms with Crippen LogP contribution in [0.4, 0.5) is 0 Å². The average molecular weight is 193 g/mol. The van der Waals surface area contributed by atoms with Gasteiger partial charge in [-0.3, -0.25) is 4.98 Å². The highest BCUT2D eigenvalue weighted by molar-refractivity contribution is 5.91. The van der Waals surface area contributed by atoms with Crippen molar-refractivity contribution in [1.29, 1.82) is 0 Å². The molecule has 4 nitrogen and oxygen atoms in total. The highest BCUT2D eigenvalue weighted by atomic mass is 16.6. The Labute approximate surface area is 82.2 Å². The van der Waals surface area contributed by atoms with Crippen molar-refractivity contribution in [3.63, 3.8) is 0 Å². The van der Waals surface area contributed by atoms with E-state index in [9.17, 15) is 4.79 Å². The van der Waals surface area contributed by atoms with E-state index in [-0.39, 0.29) is 5.76 Å². The van der Waals surface area contributed by atoms with E-state index in [2.05, 4.69) is 9.72 Å². The second kappa shape index (κ2) is 5.01. The van der Waals surface area contributed by atoms with Gasteiger partial charge in [0.05, 0.1) is 14.2 Å². The zero-order valence-corrected chi connectivity index (χ0v) is 8.06. The Kier molecular flexibility index (Phi) is 3.67. The van der Waals surface area contributed by atoms with Crippen molar-refractivity contribution in [2.24, 2.45) is 0 Å². The lowest BCUT2D eigenvalue weighted by molar-refractivity contribution is -0.139. The molecule has 0 aliphatic heterocycles. The quantitative estimate of drug-likeness (QED) is 0.411. The lowest BCUT2D eigenvalue weighted by Crippen LogP contribution is -2.06. The van der Waals surface area contributed by atoms with Crippen LogP contribution in [0.5, 0.6) is 0 Å². The summed E-state index contributed by atoms with van der Waals surface area (Å²) in [5.41, 5.74) is 0.787. The maximum Gasteiger partial charge on any atom is 0.373 e. The van der Waals surface area contributed by atoms with E-state index in [0.29, 0.717) is 0 Å². The SMILES string of the molecule is COC(=O)/C(=C/c1cccnc1)OC. The minimum Gasteiger partial charge on any atom is -0.490 e. The van der Waals surface area contributed by atoms with Gasteiger partial charge in [0.2, 0.25) is 5.76 Å². The third-order valence-corrected chi connectivity index (χ3v) is 1.59. The molecule has 0 fully saturated rings. The van der Waals surface area contributed by atoms with Crippen molar-refractivity contribution in [1.82, 2.24) is 4.98 Å². The summed E-state index contributed by atoms with van der Waals surface area (Å²) in [5.74, 6) is -0.350. The molecule has 0 saturated heterocycles. The third-order valence-electron chi connectivity index (χ3n) is 1.59. The van der Waals surface area contributed by atoms with E-state index < -0.39 is 5.97 Å². The van der Waals surface area contributed by atoms with Crippen LogP contribution >= 0.6 is 0 Å². The molecule has 1 rings (SSSR count). The maximum absolute atomic E-state index is 11.1. The molecule has 0 spiro atoms. The van der Waals surface area contributed by atoms with Crippen molar-refractivity contribution >= 4 is 12.0 Å². The molecular weight excluding hydrogens is 182 g/mol. The number of aromatic nitrogens is 1. The second-order valence-corrected chi connectivity index (χ2v) is 2.49. The van der Waals surface area contributed by atoms with Crippen molar-refractivity contribution in [2.45, 2.75) is 0 Å². The topological polar surface area (TPSA) is 48.4 Å². The van der Waals surface area contributed by atoms with Gasteiger partial charge in [-0.05, 0) is 17.7 Å². The molecule has 4 heteroatoms. The Morgan fingerprint density at radius 2 is 2.21 bits per heavy atom. The third kappa shape index (κ3) is 2.58. The van der Waals surface area contributed by atoms with Gasteiger partial charge < -0.3 is 9.47 Å². The van der Waals surface area contributed by atoms with Crippen LogP contribution in [-0.2, 0) is 14.3 Å². The molecule has 0 saturated carbocycles. The molecule has 1 aromatic rings. The molecule has 0 unspecified atom stereocenters. The molecule has 0 amide bonds. The van der Waals surface area contributed by atoms with Crippen LogP contribution in [0.25, 0.3) is 6.08 Å². The summed E-state index contributed by atoms with van der Waals surface area (Å²) in [6.45, 7) is 0. The Balaban J connectivity index is 2.89. The summed E-state index contributed by atoms with van der Waals surface area (Å²) < 4.78 is 9.39. The van der Waals surface area contributed by atoms with Crippen LogP contribution in [0.3, 0.4) is 0 Å². The van der Waals surface area contributed by atoms with Gasteiger partial charge in [0, 0.05) is 12.4 Å². The van der Waals surface area contributed by atoms with Crippen molar-refractivity contribution in [3.8, 4) is 0 Å². The molecular formula is C10H11NO3. The summed E-state index contributed by atoms with van der Waals surface area (Å²) in [6, 6.07) is 3.59. The zero-order chi connectivity index (χ0) is 10.4. The number of ether oxygens (including phenoxy) is 2. The van der Waals surface area contributed by atoms with Crippen molar-refractivity contribution < 1.29 is 14.3 Å². The van der Waals surface area contributed by atoms with Gasteiger partial charge in [0.25, 0.3) is 0 Å². The number of methoxy groups -OCH3 is 2. The number of hydrogen-bond acceptors (Lipinski definition) is 4. The fraction of sp³-hybridized carbons (Fsp3) is 0.200. The number of carbonyl (C=O) groups excluding carboxylic acids is 1. The fourth-order valence-electron chi connectivity index (χ4n) is 0.914. The van der Waals surface area contributed by atoms with Crippen LogP contribution < -0.4 is 0 Å². The first-order valence-corrected chi connectivity index (χ1v) is 4.02. The van der Waals surface area contributed by atoms with E-state index >= 15 is 0 Å². The van der Waals surface area contributed by atoms with Gasteiger partial charge in [0.15, 0.2) is 0 Å². The number of carbonyl (C=O) groups is 1. The van der Waals surface area contributed by atoms with Crippen LogP contribution in [0.15, 0.2) is 30.3 Å². The molecule has 1 aromatic heterocycles. The Bertz CT molecular complexity index is 332. The monoisotopic (exact) mass is 193 g/mol. The number of esters is 1. The molecule has 14 heavy (non-hydrogen) atoms. The first-order chi connectivity index (χ1) is 6.77. The summed E-state index contributed by atoms with van der Waals surface area (Å²) in [4.78, 5) is 15.0. The molecule has 0 aromatic carbocycles. The van der Waals surface area contributed by atoms with E-state index in [1.54, 1.807) is 24.5 Å². The minimum atomic E-state index is -0.503. The standard InChI is InChI=1S/C10H11NO3/c1-13-9(10(12)14-2)6-8-4-3-5-11-7-8/h3-7H,1-2H3/b9-6-. The molecule has 0 atom stereocenters. The lowest BCUT2D eigenvalue weighted by atomic mass is 10.2. The average Bonchev–Trinajstić information content (AvgIpc) is 2.26.